The summed E-state index contributed by atoms with van der Waals surface area (Å²) in [6, 6.07) is 9.89. The molecule has 1 aliphatic heterocycles. The number of rotatable bonds is 3. The normalized spacial score (nSPS) is 23.0. The predicted molar refractivity (Wildman–Crippen MR) is 101 cm³/mol. The van der Waals surface area contributed by atoms with Gasteiger partial charge in [0, 0.05) is 22.5 Å². The summed E-state index contributed by atoms with van der Waals surface area (Å²) in [7, 11) is 0. The number of halogens is 1. The maximum absolute atomic E-state index is 11.4. The number of nitrogens with zero attached hydrogens (tertiary/aromatic N) is 1. The Balaban J connectivity index is 1.81. The number of non-ortho nitro benzene ring substituents is 1. The largest absolute Gasteiger partial charge is 0.478 e. The molecule has 0 bridgehead atoms. The molecule has 0 spiro atoms. The molecule has 6 nitrogen and oxygen atoms in total. The van der Waals surface area contributed by atoms with Crippen LogP contribution in [-0.4, -0.2) is 16.0 Å². The first-order chi connectivity index (χ1) is 12.5. The lowest BCUT2D eigenvalue weighted by Crippen LogP contribution is -2.29. The zero-order valence-corrected chi connectivity index (χ0v) is 15.1. The van der Waals surface area contributed by atoms with Gasteiger partial charge in [-0.3, -0.25) is 10.1 Å². The number of hydrogen-bond donors (Lipinski definition) is 2. The number of nitrogens with one attached hydrogen (secondary N) is 1. The molecule has 2 aromatic carbocycles. The minimum Gasteiger partial charge on any atom is -0.478 e. The highest BCUT2D eigenvalue weighted by molar-refractivity contribution is 9.10. The van der Waals surface area contributed by atoms with Crippen molar-refractivity contribution >= 4 is 33.3 Å². The summed E-state index contributed by atoms with van der Waals surface area (Å²) in [5, 5.41) is 24.0. The molecule has 3 atom stereocenters. The van der Waals surface area contributed by atoms with E-state index in [1.165, 1.54) is 6.07 Å². The highest BCUT2D eigenvalue weighted by Gasteiger charge is 2.39. The van der Waals surface area contributed by atoms with E-state index in [0.717, 1.165) is 23.2 Å². The van der Waals surface area contributed by atoms with E-state index in [9.17, 15) is 20.0 Å². The fourth-order valence-electron chi connectivity index (χ4n) is 3.94. The summed E-state index contributed by atoms with van der Waals surface area (Å²) in [5.74, 6) is -0.709. The van der Waals surface area contributed by atoms with Crippen LogP contribution in [0.5, 0.6) is 0 Å². The molecule has 0 saturated carbocycles. The maximum Gasteiger partial charge on any atom is 0.335 e. The van der Waals surface area contributed by atoms with E-state index >= 15 is 0 Å². The van der Waals surface area contributed by atoms with Gasteiger partial charge in [0.25, 0.3) is 5.69 Å². The number of hydrogen-bond acceptors (Lipinski definition) is 4. The molecule has 2 aromatic rings. The van der Waals surface area contributed by atoms with Gasteiger partial charge in [0.1, 0.15) is 0 Å². The van der Waals surface area contributed by atoms with Crippen LogP contribution in [0.25, 0.3) is 0 Å². The molecule has 132 valence electrons. The average molecular weight is 415 g/mol. The summed E-state index contributed by atoms with van der Waals surface area (Å²) < 4.78 is 0.682. The van der Waals surface area contributed by atoms with E-state index in [-0.39, 0.29) is 34.1 Å². The number of nitro groups is 1. The summed E-state index contributed by atoms with van der Waals surface area (Å²) >= 11 is 3.48. The second-order valence-corrected chi connectivity index (χ2v) is 7.41. The van der Waals surface area contributed by atoms with Crippen molar-refractivity contribution in [2.24, 2.45) is 5.92 Å². The van der Waals surface area contributed by atoms with Crippen molar-refractivity contribution in [2.45, 2.75) is 18.4 Å². The second kappa shape index (κ2) is 6.25. The molecule has 4 rings (SSSR count). The number of nitro benzene ring substituents is 1. The van der Waals surface area contributed by atoms with Gasteiger partial charge in [0.2, 0.25) is 0 Å². The zero-order chi connectivity index (χ0) is 18.4. The molecule has 0 amide bonds. The molecule has 2 N–H and O–H groups in total. The number of allylic oxidation sites excluding steroid dienone is 2. The topological polar surface area (TPSA) is 92.5 Å². The fourth-order valence-corrected chi connectivity index (χ4v) is 4.53. The van der Waals surface area contributed by atoms with Crippen molar-refractivity contribution in [3.05, 3.63) is 79.8 Å². The Labute approximate surface area is 157 Å². The Bertz CT molecular complexity index is 957. The lowest BCUT2D eigenvalue weighted by atomic mass is 9.76. The zero-order valence-electron chi connectivity index (χ0n) is 13.6. The van der Waals surface area contributed by atoms with Crippen molar-refractivity contribution < 1.29 is 14.8 Å². The monoisotopic (exact) mass is 414 g/mol. The molecule has 0 unspecified atom stereocenters. The van der Waals surface area contributed by atoms with E-state index in [1.54, 1.807) is 24.3 Å². The number of carboxylic acids is 1. The first-order valence-electron chi connectivity index (χ1n) is 8.20. The van der Waals surface area contributed by atoms with Gasteiger partial charge in [-0.15, -0.1) is 0 Å². The summed E-state index contributed by atoms with van der Waals surface area (Å²) in [5.41, 5.74) is 2.96. The summed E-state index contributed by atoms with van der Waals surface area (Å²) in [4.78, 5) is 22.1. The first kappa shape index (κ1) is 16.8. The lowest BCUT2D eigenvalue weighted by Gasteiger charge is -2.38. The van der Waals surface area contributed by atoms with Gasteiger partial charge in [-0.2, -0.15) is 0 Å². The van der Waals surface area contributed by atoms with Crippen LogP contribution in [-0.2, 0) is 0 Å². The number of aromatic carboxylic acids is 1. The van der Waals surface area contributed by atoms with E-state index in [4.69, 9.17) is 0 Å². The average Bonchev–Trinajstić information content (AvgIpc) is 3.11. The van der Waals surface area contributed by atoms with Crippen LogP contribution < -0.4 is 5.32 Å². The van der Waals surface area contributed by atoms with Crippen LogP contribution in [0.1, 0.15) is 39.9 Å². The number of fused-ring (bicyclic) bond motifs is 3. The van der Waals surface area contributed by atoms with Crippen LogP contribution in [0, 0.1) is 16.0 Å². The highest BCUT2D eigenvalue weighted by atomic mass is 79.9. The summed E-state index contributed by atoms with van der Waals surface area (Å²) in [6.07, 6.45) is 5.03. The van der Waals surface area contributed by atoms with Gasteiger partial charge in [-0.05, 0) is 51.5 Å². The SMILES string of the molecule is O=C(O)c1cc(Br)c2c(c1)[C@@H]1C=CC[C@@H]1[C@H](c1cccc([N+](=O)[O-])c1)N2. The molecular weight excluding hydrogens is 400 g/mol. The van der Waals surface area contributed by atoms with Crippen molar-refractivity contribution in [1.29, 1.82) is 0 Å². The Hall–Kier alpha value is -2.67. The van der Waals surface area contributed by atoms with E-state index in [2.05, 4.69) is 33.4 Å². The molecule has 0 radical (unpaired) electrons. The van der Waals surface area contributed by atoms with Gasteiger partial charge >= 0.3 is 5.97 Å². The van der Waals surface area contributed by atoms with E-state index < -0.39 is 5.97 Å². The van der Waals surface area contributed by atoms with Crippen LogP contribution in [0.2, 0.25) is 0 Å². The minimum atomic E-state index is -0.965. The Morgan fingerprint density at radius 3 is 2.85 bits per heavy atom. The van der Waals surface area contributed by atoms with Crippen LogP contribution in [0.4, 0.5) is 11.4 Å². The van der Waals surface area contributed by atoms with Gasteiger partial charge in [0.15, 0.2) is 0 Å². The van der Waals surface area contributed by atoms with Crippen molar-refractivity contribution in [2.75, 3.05) is 5.32 Å². The molecular formula is C19H15BrN2O4. The van der Waals surface area contributed by atoms with Crippen molar-refractivity contribution in [3.8, 4) is 0 Å². The van der Waals surface area contributed by atoms with E-state index in [0.29, 0.717) is 4.47 Å². The summed E-state index contributed by atoms with van der Waals surface area (Å²) in [6.45, 7) is 0. The third kappa shape index (κ3) is 2.68. The minimum absolute atomic E-state index is 0.0675. The highest BCUT2D eigenvalue weighted by Crippen LogP contribution is 2.52. The molecule has 0 fully saturated rings. The maximum atomic E-state index is 11.4. The number of carbonyl (C=O) groups is 1. The molecule has 0 saturated heterocycles. The van der Waals surface area contributed by atoms with Gasteiger partial charge in [-0.25, -0.2) is 4.79 Å². The number of carboxylic acid groups (broad SMARTS) is 1. The van der Waals surface area contributed by atoms with Crippen LogP contribution in [0.3, 0.4) is 0 Å². The van der Waals surface area contributed by atoms with Gasteiger partial charge in [-0.1, -0.05) is 24.3 Å². The van der Waals surface area contributed by atoms with Crippen LogP contribution in [0.15, 0.2) is 53.0 Å². The van der Waals surface area contributed by atoms with Crippen molar-refractivity contribution in [3.63, 3.8) is 0 Å². The molecule has 2 aliphatic rings. The molecule has 26 heavy (non-hydrogen) atoms. The Morgan fingerprint density at radius 1 is 1.31 bits per heavy atom. The predicted octanol–water partition coefficient (Wildman–Crippen LogP) is 4.88. The lowest BCUT2D eigenvalue weighted by molar-refractivity contribution is -0.384. The van der Waals surface area contributed by atoms with Gasteiger partial charge in [0.05, 0.1) is 22.2 Å². The Morgan fingerprint density at radius 2 is 2.12 bits per heavy atom. The van der Waals surface area contributed by atoms with E-state index in [1.807, 2.05) is 6.07 Å². The number of benzene rings is 2. The molecule has 0 aromatic heterocycles. The smallest absolute Gasteiger partial charge is 0.335 e. The van der Waals surface area contributed by atoms with Crippen molar-refractivity contribution in [1.82, 2.24) is 0 Å². The molecule has 1 aliphatic carbocycles. The Kier molecular flexibility index (Phi) is 4.03. The quantitative estimate of drug-likeness (QED) is 0.424. The standard InChI is InChI=1S/C19H15BrN2O4/c20-16-9-11(19(23)24)8-15-13-5-2-6-14(13)17(21-18(15)16)10-3-1-4-12(7-10)22(25)26/h1-5,7-9,13-14,17,21H,6H2,(H,23,24)/t13-,14+,17+/m1/s1. The fraction of sp³-hybridized carbons (Fsp3) is 0.211. The number of anilines is 1. The third-order valence-electron chi connectivity index (χ3n) is 5.11. The second-order valence-electron chi connectivity index (χ2n) is 6.56. The molecule has 1 heterocycles. The van der Waals surface area contributed by atoms with Gasteiger partial charge < -0.3 is 10.4 Å². The molecule has 7 heteroatoms. The third-order valence-corrected chi connectivity index (χ3v) is 5.73. The van der Waals surface area contributed by atoms with Crippen LogP contribution >= 0.6 is 15.9 Å². The first-order valence-corrected chi connectivity index (χ1v) is 8.99.